The fraction of sp³-hybridized carbons (Fsp3) is 0.200. The molecule has 0 bridgehead atoms. The molecule has 0 atom stereocenters. The molecule has 3 heteroatoms. The van der Waals surface area contributed by atoms with Gasteiger partial charge in [-0.15, -0.1) is 0 Å². The van der Waals surface area contributed by atoms with E-state index in [1.54, 1.807) is 0 Å². The minimum atomic E-state index is -1.63. The van der Waals surface area contributed by atoms with Crippen molar-refractivity contribution in [1.29, 1.82) is 0 Å². The van der Waals surface area contributed by atoms with Crippen molar-refractivity contribution in [3.63, 3.8) is 0 Å². The Kier molecular flexibility index (Phi) is 4.31. The van der Waals surface area contributed by atoms with Gasteiger partial charge in [-0.25, -0.2) is 0 Å². The summed E-state index contributed by atoms with van der Waals surface area (Å²) in [4.78, 5) is 0. The molecule has 0 heterocycles. The zero-order chi connectivity index (χ0) is 13.2. The summed E-state index contributed by atoms with van der Waals surface area (Å²) in [6.07, 6.45) is 0. The minimum absolute atomic E-state index is 0.803. The molecule has 2 rings (SSSR count). The van der Waals surface area contributed by atoms with Crippen molar-refractivity contribution in [2.75, 3.05) is 0 Å². The first-order chi connectivity index (χ1) is 8.55. The van der Waals surface area contributed by atoms with Gasteiger partial charge in [0.05, 0.1) is 0 Å². The first-order valence-electron chi connectivity index (χ1n) is 5.96. The fourth-order valence-electron chi connectivity index (χ4n) is 2.27. The number of hydrogen-bond donors (Lipinski definition) is 0. The molecule has 0 aliphatic rings. The fourth-order valence-corrected chi connectivity index (χ4v) is 5.94. The van der Waals surface area contributed by atoms with Gasteiger partial charge in [0.25, 0.3) is 0 Å². The van der Waals surface area contributed by atoms with Crippen molar-refractivity contribution in [2.24, 2.45) is 0 Å². The molecule has 0 aliphatic carbocycles. The van der Waals surface area contributed by atoms with Crippen LogP contribution in [0.2, 0.25) is 18.1 Å². The molecule has 0 spiro atoms. The van der Waals surface area contributed by atoms with E-state index in [1.165, 1.54) is 15.9 Å². The SMILES string of the molecule is C[Si](C)(c1ccc(Cl)cc1)c1ccccc1CBr. The van der Waals surface area contributed by atoms with Crippen LogP contribution in [-0.2, 0) is 5.33 Å². The van der Waals surface area contributed by atoms with E-state index in [9.17, 15) is 0 Å². The number of halogens is 2. The van der Waals surface area contributed by atoms with Gasteiger partial charge in [-0.1, -0.05) is 87.4 Å². The molecule has 0 saturated carbocycles. The van der Waals surface area contributed by atoms with Crippen LogP contribution in [0, 0.1) is 0 Å². The first-order valence-corrected chi connectivity index (χ1v) is 10.5. The standard InChI is InChI=1S/C15H16BrClSi/c1-18(2,14-9-7-13(17)8-10-14)15-6-4-3-5-12(15)11-16/h3-10H,11H2,1-2H3. The van der Waals surface area contributed by atoms with Gasteiger partial charge in [0.15, 0.2) is 0 Å². The van der Waals surface area contributed by atoms with E-state index >= 15 is 0 Å². The number of alkyl halides is 1. The van der Waals surface area contributed by atoms with Crippen LogP contribution in [0.15, 0.2) is 48.5 Å². The Labute approximate surface area is 123 Å². The second-order valence-electron chi connectivity index (χ2n) is 4.92. The van der Waals surface area contributed by atoms with Gasteiger partial charge in [-0.05, 0) is 17.7 Å². The van der Waals surface area contributed by atoms with Gasteiger partial charge in [0.1, 0.15) is 8.07 Å². The molecule has 18 heavy (non-hydrogen) atoms. The topological polar surface area (TPSA) is 0 Å². The molecule has 2 aromatic rings. The lowest BCUT2D eigenvalue weighted by Gasteiger charge is -2.26. The zero-order valence-corrected chi connectivity index (χ0v) is 13.9. The molecule has 2 aromatic carbocycles. The summed E-state index contributed by atoms with van der Waals surface area (Å²) >= 11 is 9.56. The van der Waals surface area contributed by atoms with Crippen LogP contribution in [0.25, 0.3) is 0 Å². The summed E-state index contributed by atoms with van der Waals surface area (Å²) < 4.78 is 0. The van der Waals surface area contributed by atoms with E-state index in [2.05, 4.69) is 65.4 Å². The third-order valence-corrected chi connectivity index (χ3v) is 7.87. The van der Waals surface area contributed by atoms with Crippen LogP contribution in [0.1, 0.15) is 5.56 Å². The maximum atomic E-state index is 5.97. The number of hydrogen-bond acceptors (Lipinski definition) is 0. The van der Waals surface area contributed by atoms with Crippen molar-refractivity contribution < 1.29 is 0 Å². The Morgan fingerprint density at radius 1 is 1.00 bits per heavy atom. The summed E-state index contributed by atoms with van der Waals surface area (Å²) in [5, 5.41) is 4.62. The van der Waals surface area contributed by atoms with Crippen molar-refractivity contribution in [3.05, 3.63) is 59.1 Å². The number of rotatable bonds is 3. The molecule has 0 unspecified atom stereocenters. The highest BCUT2D eigenvalue weighted by Gasteiger charge is 2.27. The van der Waals surface area contributed by atoms with Gasteiger partial charge < -0.3 is 0 Å². The van der Waals surface area contributed by atoms with E-state index in [0.717, 1.165) is 10.4 Å². The third-order valence-electron chi connectivity index (χ3n) is 3.40. The van der Waals surface area contributed by atoms with E-state index in [4.69, 9.17) is 11.6 Å². The normalized spacial score (nSPS) is 11.6. The van der Waals surface area contributed by atoms with E-state index in [1.807, 2.05) is 12.1 Å². The molecule has 0 radical (unpaired) electrons. The molecule has 0 amide bonds. The lowest BCUT2D eigenvalue weighted by molar-refractivity contribution is 1.46. The lowest BCUT2D eigenvalue weighted by Crippen LogP contribution is -2.54. The Bertz CT molecular complexity index is 534. The Hall–Kier alpha value is -0.573. The average Bonchev–Trinajstić information content (AvgIpc) is 2.39. The number of benzene rings is 2. The monoisotopic (exact) mass is 338 g/mol. The van der Waals surface area contributed by atoms with Gasteiger partial charge >= 0.3 is 0 Å². The van der Waals surface area contributed by atoms with Crippen LogP contribution in [-0.4, -0.2) is 8.07 Å². The molecule has 0 N–H and O–H groups in total. The summed E-state index contributed by atoms with van der Waals surface area (Å²) in [7, 11) is -1.63. The maximum absolute atomic E-state index is 5.97. The first kappa shape index (κ1) is 13.8. The van der Waals surface area contributed by atoms with Gasteiger partial charge in [0, 0.05) is 10.4 Å². The Morgan fingerprint density at radius 2 is 1.61 bits per heavy atom. The molecule has 0 nitrogen and oxygen atoms in total. The molecule has 0 aliphatic heterocycles. The van der Waals surface area contributed by atoms with Crippen molar-refractivity contribution in [2.45, 2.75) is 18.4 Å². The highest BCUT2D eigenvalue weighted by Crippen LogP contribution is 2.13. The molecule has 0 saturated heterocycles. The minimum Gasteiger partial charge on any atom is -0.0876 e. The van der Waals surface area contributed by atoms with Gasteiger partial charge in [0.2, 0.25) is 0 Å². The van der Waals surface area contributed by atoms with Crippen LogP contribution in [0.3, 0.4) is 0 Å². The van der Waals surface area contributed by atoms with Crippen LogP contribution >= 0.6 is 27.5 Å². The van der Waals surface area contributed by atoms with Crippen LogP contribution in [0.5, 0.6) is 0 Å². The molecular weight excluding hydrogens is 324 g/mol. The highest BCUT2D eigenvalue weighted by atomic mass is 79.9. The quantitative estimate of drug-likeness (QED) is 0.584. The summed E-state index contributed by atoms with van der Waals surface area (Å²) in [5.41, 5.74) is 1.39. The van der Waals surface area contributed by atoms with Crippen LogP contribution < -0.4 is 10.4 Å². The van der Waals surface area contributed by atoms with E-state index in [0.29, 0.717) is 0 Å². The smallest absolute Gasteiger partial charge is 0.0876 e. The lowest BCUT2D eigenvalue weighted by atomic mass is 10.2. The molecule has 94 valence electrons. The van der Waals surface area contributed by atoms with Crippen molar-refractivity contribution in [3.8, 4) is 0 Å². The summed E-state index contributed by atoms with van der Waals surface area (Å²) in [6.45, 7) is 4.77. The van der Waals surface area contributed by atoms with Gasteiger partial charge in [-0.2, -0.15) is 0 Å². The van der Waals surface area contributed by atoms with Gasteiger partial charge in [-0.3, -0.25) is 0 Å². The third kappa shape index (κ3) is 2.71. The van der Waals surface area contributed by atoms with Crippen LogP contribution in [0.4, 0.5) is 0 Å². The summed E-state index contributed by atoms with van der Waals surface area (Å²) in [5.74, 6) is 0. The highest BCUT2D eigenvalue weighted by molar-refractivity contribution is 9.08. The second kappa shape index (κ2) is 5.60. The maximum Gasteiger partial charge on any atom is 0.112 e. The Balaban J connectivity index is 2.50. The molecule has 0 fully saturated rings. The molecular formula is C15H16BrClSi. The predicted molar refractivity (Wildman–Crippen MR) is 87.3 cm³/mol. The zero-order valence-electron chi connectivity index (χ0n) is 10.6. The second-order valence-corrected chi connectivity index (χ2v) is 10.3. The molecule has 0 aromatic heterocycles. The predicted octanol–water partition coefficient (Wildman–Crippen LogP) is 4.06. The van der Waals surface area contributed by atoms with Crippen molar-refractivity contribution in [1.82, 2.24) is 0 Å². The largest absolute Gasteiger partial charge is 0.112 e. The van der Waals surface area contributed by atoms with E-state index in [-0.39, 0.29) is 0 Å². The average molecular weight is 340 g/mol. The van der Waals surface area contributed by atoms with Crippen molar-refractivity contribution >= 4 is 46.0 Å². The van der Waals surface area contributed by atoms with E-state index < -0.39 is 8.07 Å². The summed E-state index contributed by atoms with van der Waals surface area (Å²) in [6, 6.07) is 17.0. The Morgan fingerprint density at radius 3 is 2.22 bits per heavy atom.